The van der Waals surface area contributed by atoms with E-state index in [2.05, 4.69) is 66.0 Å². The van der Waals surface area contributed by atoms with Gasteiger partial charge in [0.05, 0.1) is 6.10 Å². The van der Waals surface area contributed by atoms with Gasteiger partial charge in [-0.2, -0.15) is 11.8 Å². The van der Waals surface area contributed by atoms with Gasteiger partial charge in [-0.05, 0) is 98.0 Å². The van der Waals surface area contributed by atoms with Crippen LogP contribution in [0.1, 0.15) is 86.5 Å². The van der Waals surface area contributed by atoms with Gasteiger partial charge in [-0.1, -0.05) is 58.4 Å². The molecule has 0 unspecified atom stereocenters. The van der Waals surface area contributed by atoms with E-state index in [0.29, 0.717) is 10.8 Å². The minimum Gasteiger partial charge on any atom is -0.392 e. The van der Waals surface area contributed by atoms with Crippen LogP contribution in [0.15, 0.2) is 23.8 Å². The second kappa shape index (κ2) is 7.98. The number of fused-ring (bicyclic) bond motifs is 5. The fraction of sp³-hybridized carbons (Fsp3) is 0.857. The number of rotatable bonds is 5. The molecule has 0 aromatic carbocycles. The van der Waals surface area contributed by atoms with E-state index < -0.39 is 0 Å². The third-order valence-corrected chi connectivity index (χ3v) is 11.9. The minimum absolute atomic E-state index is 0.0497. The molecule has 3 fully saturated rings. The number of aliphatic hydroxyl groups excluding tert-OH is 1. The lowest BCUT2D eigenvalue weighted by atomic mass is 9.44. The molecule has 8 atom stereocenters. The van der Waals surface area contributed by atoms with Crippen molar-refractivity contribution in [3.63, 3.8) is 0 Å². The summed E-state index contributed by atoms with van der Waals surface area (Å²) in [6.07, 6.45) is 11.6. The third kappa shape index (κ3) is 3.47. The van der Waals surface area contributed by atoms with Crippen molar-refractivity contribution in [1.82, 2.24) is 0 Å². The van der Waals surface area contributed by atoms with Crippen LogP contribution in [0, 0.1) is 45.8 Å². The average molecular weight is 431 g/mol. The van der Waals surface area contributed by atoms with E-state index in [-0.39, 0.29) is 11.5 Å². The summed E-state index contributed by atoms with van der Waals surface area (Å²) in [7, 11) is 0. The number of thioether (sulfide) groups is 1. The van der Waals surface area contributed by atoms with E-state index >= 15 is 0 Å². The van der Waals surface area contributed by atoms with Crippen molar-refractivity contribution in [1.29, 1.82) is 0 Å². The summed E-state index contributed by atoms with van der Waals surface area (Å²) in [6, 6.07) is 0. The largest absolute Gasteiger partial charge is 0.392 e. The molecule has 0 aromatic heterocycles. The molecule has 4 rings (SSSR count). The maximum atomic E-state index is 10.7. The molecule has 30 heavy (non-hydrogen) atoms. The smallest absolute Gasteiger partial charge is 0.0628 e. The van der Waals surface area contributed by atoms with Gasteiger partial charge in [0.2, 0.25) is 0 Å². The molecule has 170 valence electrons. The number of aliphatic hydroxyl groups is 1. The molecular formula is C28H46OS. The summed E-state index contributed by atoms with van der Waals surface area (Å²) < 4.78 is 0. The zero-order chi connectivity index (χ0) is 21.9. The van der Waals surface area contributed by atoms with Crippen LogP contribution in [0.4, 0.5) is 0 Å². The van der Waals surface area contributed by atoms with Crippen molar-refractivity contribution in [2.45, 2.75) is 92.6 Å². The van der Waals surface area contributed by atoms with E-state index in [4.69, 9.17) is 0 Å². The Morgan fingerprint density at radius 3 is 2.57 bits per heavy atom. The number of allylic oxidation sites excluding steroid dienone is 1. The molecule has 3 saturated carbocycles. The van der Waals surface area contributed by atoms with Crippen molar-refractivity contribution < 1.29 is 5.11 Å². The number of hydrogen-bond donors (Lipinski definition) is 1. The van der Waals surface area contributed by atoms with Gasteiger partial charge in [0.1, 0.15) is 0 Å². The first-order valence-corrected chi connectivity index (χ1v) is 13.8. The molecule has 0 radical (unpaired) electrons. The quantitative estimate of drug-likeness (QED) is 0.455. The number of hydrogen-bond acceptors (Lipinski definition) is 2. The second-order valence-corrected chi connectivity index (χ2v) is 13.6. The lowest BCUT2D eigenvalue weighted by molar-refractivity contribution is -0.0770. The van der Waals surface area contributed by atoms with Crippen LogP contribution in [-0.4, -0.2) is 22.7 Å². The maximum Gasteiger partial charge on any atom is 0.0628 e. The van der Waals surface area contributed by atoms with E-state index in [1.54, 1.807) is 5.57 Å². The maximum absolute atomic E-state index is 10.7. The standard InChI is InChI=1S/C28H46OS/c1-18(2)16-30-17-19(3)21-9-10-22-20-8-11-24-26(4,5)25(29)13-15-28(24,7)23(20)12-14-27(21,22)6/h11,19-23,25,29H,1,8-10,12-17H2,2-7H3/t19-,20+,21-,22+,23+,25+,27-,28-/m1/s1. The molecule has 1 nitrogen and oxygen atoms in total. The van der Waals surface area contributed by atoms with E-state index in [1.165, 1.54) is 49.9 Å². The summed E-state index contributed by atoms with van der Waals surface area (Å²) in [5, 5.41) is 10.7. The predicted molar refractivity (Wildman–Crippen MR) is 132 cm³/mol. The van der Waals surface area contributed by atoms with Crippen molar-refractivity contribution in [3.05, 3.63) is 23.8 Å². The van der Waals surface area contributed by atoms with Crippen molar-refractivity contribution >= 4 is 11.8 Å². The van der Waals surface area contributed by atoms with Crippen LogP contribution >= 0.6 is 11.8 Å². The van der Waals surface area contributed by atoms with Gasteiger partial charge >= 0.3 is 0 Å². The summed E-state index contributed by atoms with van der Waals surface area (Å²) in [4.78, 5) is 0. The fourth-order valence-electron chi connectivity index (χ4n) is 8.90. The van der Waals surface area contributed by atoms with Gasteiger partial charge in [0.25, 0.3) is 0 Å². The molecular weight excluding hydrogens is 384 g/mol. The Morgan fingerprint density at radius 1 is 1.13 bits per heavy atom. The van der Waals surface area contributed by atoms with Crippen LogP contribution in [-0.2, 0) is 0 Å². The highest BCUT2D eigenvalue weighted by molar-refractivity contribution is 7.99. The predicted octanol–water partition coefficient (Wildman–Crippen LogP) is 7.51. The van der Waals surface area contributed by atoms with Crippen LogP contribution < -0.4 is 0 Å². The zero-order valence-electron chi connectivity index (χ0n) is 20.5. The molecule has 0 aliphatic heterocycles. The van der Waals surface area contributed by atoms with E-state index in [1.807, 2.05) is 0 Å². The van der Waals surface area contributed by atoms with E-state index in [0.717, 1.165) is 41.8 Å². The second-order valence-electron chi connectivity index (χ2n) is 12.6. The third-order valence-electron chi connectivity index (χ3n) is 10.4. The molecule has 0 saturated heterocycles. The molecule has 0 aromatic rings. The van der Waals surface area contributed by atoms with Gasteiger partial charge in [-0.25, -0.2) is 0 Å². The first-order valence-electron chi connectivity index (χ1n) is 12.6. The SMILES string of the molecule is C=C(C)CSC[C@@H](C)[C@H]1CC[C@H]2[C@@H]3CC=C4C(C)(C)[C@@H](O)CC[C@]4(C)[C@H]3CC[C@]12C. The highest BCUT2D eigenvalue weighted by Gasteiger charge is 2.61. The first-order chi connectivity index (χ1) is 14.0. The molecule has 4 aliphatic rings. The topological polar surface area (TPSA) is 20.2 Å². The van der Waals surface area contributed by atoms with Gasteiger partial charge < -0.3 is 5.11 Å². The van der Waals surface area contributed by atoms with Crippen LogP contribution in [0.3, 0.4) is 0 Å². The zero-order valence-corrected chi connectivity index (χ0v) is 21.3. The molecule has 2 heteroatoms. The van der Waals surface area contributed by atoms with Crippen LogP contribution in [0.25, 0.3) is 0 Å². The highest BCUT2D eigenvalue weighted by Crippen LogP contribution is 2.68. The molecule has 0 amide bonds. The summed E-state index contributed by atoms with van der Waals surface area (Å²) in [5.41, 5.74) is 3.70. The van der Waals surface area contributed by atoms with Gasteiger partial charge in [-0.15, -0.1) is 0 Å². The lowest BCUT2D eigenvalue weighted by Crippen LogP contribution is -2.54. The molecule has 0 spiro atoms. The Labute approximate surface area is 190 Å². The molecule has 4 aliphatic carbocycles. The Kier molecular flexibility index (Phi) is 6.11. The average Bonchev–Trinajstić information content (AvgIpc) is 3.02. The minimum atomic E-state index is -0.171. The van der Waals surface area contributed by atoms with Gasteiger partial charge in [0.15, 0.2) is 0 Å². The monoisotopic (exact) mass is 430 g/mol. The van der Waals surface area contributed by atoms with Gasteiger partial charge in [-0.3, -0.25) is 0 Å². The van der Waals surface area contributed by atoms with Crippen molar-refractivity contribution in [2.75, 3.05) is 11.5 Å². The Bertz CT molecular complexity index is 707. The normalized spacial score (nSPS) is 45.7. The highest BCUT2D eigenvalue weighted by atomic mass is 32.2. The Hall–Kier alpha value is -0.210. The van der Waals surface area contributed by atoms with E-state index in [9.17, 15) is 5.11 Å². The van der Waals surface area contributed by atoms with Gasteiger partial charge in [0, 0.05) is 11.2 Å². The molecule has 1 N–H and O–H groups in total. The van der Waals surface area contributed by atoms with Crippen molar-refractivity contribution in [3.8, 4) is 0 Å². The summed E-state index contributed by atoms with van der Waals surface area (Å²) in [6.45, 7) is 18.6. The summed E-state index contributed by atoms with van der Waals surface area (Å²) in [5.74, 6) is 6.72. The lowest BCUT2D eigenvalue weighted by Gasteiger charge is -2.61. The Morgan fingerprint density at radius 2 is 1.87 bits per heavy atom. The molecule has 0 heterocycles. The molecule has 0 bridgehead atoms. The summed E-state index contributed by atoms with van der Waals surface area (Å²) >= 11 is 2.10. The first kappa shape index (κ1) is 23.0. The fourth-order valence-corrected chi connectivity index (χ4v) is 9.97. The van der Waals surface area contributed by atoms with Crippen LogP contribution in [0.5, 0.6) is 0 Å². The van der Waals surface area contributed by atoms with Crippen LogP contribution in [0.2, 0.25) is 0 Å². The Balaban J connectivity index is 1.54. The van der Waals surface area contributed by atoms with Crippen molar-refractivity contribution in [2.24, 2.45) is 45.8 Å².